The first kappa shape index (κ1) is 15.9. The molecule has 6 nitrogen and oxygen atoms in total. The largest absolute Gasteiger partial charge is 0.343 e. The summed E-state index contributed by atoms with van der Waals surface area (Å²) in [5, 5.41) is 7.56. The van der Waals surface area contributed by atoms with Crippen molar-refractivity contribution in [3.05, 3.63) is 11.7 Å². The SMILES string of the molecule is CCCc1noc([C@H](C)N[C@H]2CCN(C(C)=O)C[C@H]2C)n1. The van der Waals surface area contributed by atoms with E-state index in [1.54, 1.807) is 6.92 Å². The monoisotopic (exact) mass is 294 g/mol. The number of likely N-dealkylation sites (tertiary alicyclic amines) is 1. The van der Waals surface area contributed by atoms with Crippen LogP contribution in [0.4, 0.5) is 0 Å². The molecule has 0 spiro atoms. The number of hydrogen-bond acceptors (Lipinski definition) is 5. The lowest BCUT2D eigenvalue weighted by Crippen LogP contribution is -2.50. The average Bonchev–Trinajstić information content (AvgIpc) is 2.90. The smallest absolute Gasteiger partial charge is 0.243 e. The standard InChI is InChI=1S/C15H26N4O2/c1-5-6-14-17-15(21-18-14)11(3)16-13-7-8-19(12(4)20)9-10(13)2/h10-11,13,16H,5-9H2,1-4H3/t10-,11+,13+/m1/s1. The molecule has 21 heavy (non-hydrogen) atoms. The normalized spacial score (nSPS) is 24.1. The van der Waals surface area contributed by atoms with Crippen molar-refractivity contribution in [1.29, 1.82) is 0 Å². The fraction of sp³-hybridized carbons (Fsp3) is 0.800. The molecule has 1 N–H and O–H groups in total. The van der Waals surface area contributed by atoms with Gasteiger partial charge in [0.2, 0.25) is 11.8 Å². The molecule has 2 heterocycles. The Bertz CT molecular complexity index is 474. The summed E-state index contributed by atoms with van der Waals surface area (Å²) in [4.78, 5) is 17.8. The van der Waals surface area contributed by atoms with Gasteiger partial charge in [0.25, 0.3) is 0 Å². The Hall–Kier alpha value is -1.43. The van der Waals surface area contributed by atoms with Gasteiger partial charge in [-0.25, -0.2) is 0 Å². The number of nitrogens with one attached hydrogen (secondary N) is 1. The van der Waals surface area contributed by atoms with E-state index in [2.05, 4.69) is 29.3 Å². The summed E-state index contributed by atoms with van der Waals surface area (Å²) in [6.45, 7) is 9.59. The van der Waals surface area contributed by atoms with Crippen LogP contribution in [-0.4, -0.2) is 40.1 Å². The van der Waals surface area contributed by atoms with E-state index in [0.29, 0.717) is 17.9 Å². The Kier molecular flexibility index (Phi) is 5.33. The maximum Gasteiger partial charge on any atom is 0.243 e. The van der Waals surface area contributed by atoms with Crippen LogP contribution < -0.4 is 5.32 Å². The van der Waals surface area contributed by atoms with E-state index >= 15 is 0 Å². The molecule has 0 aliphatic carbocycles. The summed E-state index contributed by atoms with van der Waals surface area (Å²) in [7, 11) is 0. The predicted molar refractivity (Wildman–Crippen MR) is 79.7 cm³/mol. The van der Waals surface area contributed by atoms with Crippen molar-refractivity contribution >= 4 is 5.91 Å². The number of aryl methyl sites for hydroxylation is 1. The third-order valence-electron chi connectivity index (χ3n) is 4.14. The molecule has 0 bridgehead atoms. The number of piperidine rings is 1. The van der Waals surface area contributed by atoms with Crippen molar-refractivity contribution in [2.75, 3.05) is 13.1 Å². The van der Waals surface area contributed by atoms with E-state index in [1.807, 2.05) is 11.8 Å². The van der Waals surface area contributed by atoms with Crippen LogP contribution in [0, 0.1) is 5.92 Å². The first-order valence-corrected chi connectivity index (χ1v) is 7.85. The first-order valence-electron chi connectivity index (χ1n) is 7.85. The molecule has 0 unspecified atom stereocenters. The molecule has 3 atom stereocenters. The highest BCUT2D eigenvalue weighted by Crippen LogP contribution is 2.20. The molecule has 0 aromatic carbocycles. The molecule has 0 radical (unpaired) electrons. The Labute approximate surface area is 126 Å². The highest BCUT2D eigenvalue weighted by molar-refractivity contribution is 5.73. The van der Waals surface area contributed by atoms with Crippen molar-refractivity contribution in [1.82, 2.24) is 20.4 Å². The molecule has 1 fully saturated rings. The maximum absolute atomic E-state index is 11.4. The topological polar surface area (TPSA) is 71.3 Å². The summed E-state index contributed by atoms with van der Waals surface area (Å²) in [5.41, 5.74) is 0. The Morgan fingerprint density at radius 2 is 2.33 bits per heavy atom. The second kappa shape index (κ2) is 7.02. The van der Waals surface area contributed by atoms with Gasteiger partial charge in [0.15, 0.2) is 5.82 Å². The number of carbonyl (C=O) groups excluding carboxylic acids is 1. The molecule has 1 saturated heterocycles. The van der Waals surface area contributed by atoms with Gasteiger partial charge >= 0.3 is 0 Å². The third kappa shape index (κ3) is 4.03. The maximum atomic E-state index is 11.4. The van der Waals surface area contributed by atoms with E-state index in [-0.39, 0.29) is 11.9 Å². The van der Waals surface area contributed by atoms with Crippen molar-refractivity contribution in [2.24, 2.45) is 5.92 Å². The van der Waals surface area contributed by atoms with Crippen LogP contribution in [0.1, 0.15) is 58.3 Å². The molecule has 2 rings (SSSR count). The third-order valence-corrected chi connectivity index (χ3v) is 4.14. The van der Waals surface area contributed by atoms with Crippen LogP contribution >= 0.6 is 0 Å². The van der Waals surface area contributed by atoms with Crippen molar-refractivity contribution in [3.63, 3.8) is 0 Å². The minimum Gasteiger partial charge on any atom is -0.343 e. The van der Waals surface area contributed by atoms with E-state index in [9.17, 15) is 4.79 Å². The molecule has 6 heteroatoms. The summed E-state index contributed by atoms with van der Waals surface area (Å²) < 4.78 is 5.33. The van der Waals surface area contributed by atoms with Gasteiger partial charge < -0.3 is 14.7 Å². The minimum absolute atomic E-state index is 0.0411. The lowest BCUT2D eigenvalue weighted by Gasteiger charge is -2.37. The van der Waals surface area contributed by atoms with Crippen LogP contribution in [0.25, 0.3) is 0 Å². The lowest BCUT2D eigenvalue weighted by molar-refractivity contribution is -0.130. The average molecular weight is 294 g/mol. The van der Waals surface area contributed by atoms with E-state index in [1.165, 1.54) is 0 Å². The number of rotatable bonds is 5. The number of hydrogen-bond donors (Lipinski definition) is 1. The highest BCUT2D eigenvalue weighted by Gasteiger charge is 2.29. The van der Waals surface area contributed by atoms with Crippen LogP contribution in [-0.2, 0) is 11.2 Å². The Balaban J connectivity index is 1.90. The Morgan fingerprint density at radius 1 is 1.57 bits per heavy atom. The molecule has 1 aromatic heterocycles. The van der Waals surface area contributed by atoms with Gasteiger partial charge in [-0.15, -0.1) is 0 Å². The molecule has 1 aromatic rings. The van der Waals surface area contributed by atoms with Crippen molar-refractivity contribution in [2.45, 2.75) is 59.0 Å². The van der Waals surface area contributed by atoms with Gasteiger partial charge in [0, 0.05) is 32.5 Å². The lowest BCUT2D eigenvalue weighted by atomic mass is 9.93. The first-order chi connectivity index (χ1) is 10.0. The zero-order valence-corrected chi connectivity index (χ0v) is 13.4. The van der Waals surface area contributed by atoms with Crippen LogP contribution in [0.15, 0.2) is 4.52 Å². The summed E-state index contributed by atoms with van der Waals surface area (Å²) in [6.07, 6.45) is 2.83. The zero-order valence-electron chi connectivity index (χ0n) is 13.4. The quantitative estimate of drug-likeness (QED) is 0.898. The van der Waals surface area contributed by atoms with Crippen molar-refractivity contribution in [3.8, 4) is 0 Å². The summed E-state index contributed by atoms with van der Waals surface area (Å²) in [5.74, 6) is 2.01. The second-order valence-electron chi connectivity index (χ2n) is 6.02. The van der Waals surface area contributed by atoms with Gasteiger partial charge in [0.1, 0.15) is 0 Å². The Morgan fingerprint density at radius 3 is 2.95 bits per heavy atom. The fourth-order valence-electron chi connectivity index (χ4n) is 2.84. The molecule has 1 aliphatic rings. The van der Waals surface area contributed by atoms with Gasteiger partial charge in [0.05, 0.1) is 6.04 Å². The van der Waals surface area contributed by atoms with E-state index < -0.39 is 0 Å². The number of amides is 1. The van der Waals surface area contributed by atoms with Gasteiger partial charge in [-0.05, 0) is 25.7 Å². The number of nitrogens with zero attached hydrogens (tertiary/aromatic N) is 3. The minimum atomic E-state index is 0.0411. The van der Waals surface area contributed by atoms with Gasteiger partial charge in [-0.3, -0.25) is 4.79 Å². The predicted octanol–water partition coefficient (Wildman–Crippen LogP) is 1.93. The van der Waals surface area contributed by atoms with E-state index in [4.69, 9.17) is 4.52 Å². The van der Waals surface area contributed by atoms with Gasteiger partial charge in [-0.1, -0.05) is 19.0 Å². The molecule has 118 valence electrons. The number of carbonyl (C=O) groups is 1. The zero-order chi connectivity index (χ0) is 15.4. The van der Waals surface area contributed by atoms with Crippen molar-refractivity contribution < 1.29 is 9.32 Å². The molecule has 1 amide bonds. The van der Waals surface area contributed by atoms with Crippen LogP contribution in [0.5, 0.6) is 0 Å². The fourth-order valence-corrected chi connectivity index (χ4v) is 2.84. The van der Waals surface area contributed by atoms with Crippen LogP contribution in [0.2, 0.25) is 0 Å². The summed E-state index contributed by atoms with van der Waals surface area (Å²) in [6, 6.07) is 0.413. The second-order valence-corrected chi connectivity index (χ2v) is 6.02. The number of aromatic nitrogens is 2. The highest BCUT2D eigenvalue weighted by atomic mass is 16.5. The van der Waals surface area contributed by atoms with E-state index in [0.717, 1.165) is 38.2 Å². The van der Waals surface area contributed by atoms with Crippen LogP contribution in [0.3, 0.4) is 0 Å². The molecular weight excluding hydrogens is 268 g/mol. The molecule has 1 aliphatic heterocycles. The van der Waals surface area contributed by atoms with Gasteiger partial charge in [-0.2, -0.15) is 4.98 Å². The molecule has 0 saturated carbocycles. The summed E-state index contributed by atoms with van der Waals surface area (Å²) >= 11 is 0. The molecular formula is C15H26N4O2.